The van der Waals surface area contributed by atoms with Crippen LogP contribution in [0.2, 0.25) is 0 Å². The van der Waals surface area contributed by atoms with Gasteiger partial charge in [-0.25, -0.2) is 4.79 Å². The summed E-state index contributed by atoms with van der Waals surface area (Å²) < 4.78 is 53.5. The molecule has 7 rings (SSSR count). The summed E-state index contributed by atoms with van der Waals surface area (Å²) in [5, 5.41) is 3.05. The van der Waals surface area contributed by atoms with Crippen molar-refractivity contribution in [2.75, 3.05) is 80.7 Å². The highest BCUT2D eigenvalue weighted by Gasteiger charge is 2.57. The molecule has 18 nitrogen and oxygen atoms in total. The maximum Gasteiger partial charge on any atom is 0.407 e. The number of nitrogens with one attached hydrogen (secondary N) is 1. The number of carbonyl (C=O) groups is 3. The van der Waals surface area contributed by atoms with Gasteiger partial charge in [0.05, 0.1) is 0 Å². The van der Waals surface area contributed by atoms with Gasteiger partial charge in [-0.05, 0) is 85.9 Å². The fourth-order valence-electron chi connectivity index (χ4n) is 8.50. The number of nitrogens with zero attached hydrogens (tertiary/aromatic N) is 4. The molecule has 3 amide bonds. The Morgan fingerprint density at radius 1 is 0.694 bits per heavy atom. The van der Waals surface area contributed by atoms with Crippen LogP contribution in [0.25, 0.3) is 0 Å². The third-order valence-corrected chi connectivity index (χ3v) is 12.4. The molecule has 3 N–H and O–H groups in total. The number of nitrogens with two attached hydrogens (primary N) is 1. The van der Waals surface area contributed by atoms with Gasteiger partial charge in [0, 0.05) is 65.4 Å². The number of alkyl carbamates (subject to hydrolysis) is 1. The smallest absolute Gasteiger partial charge is 0.407 e. The third-order valence-electron chi connectivity index (χ3n) is 12.4. The fourth-order valence-corrected chi connectivity index (χ4v) is 8.50. The Kier molecular flexibility index (Phi) is 15.6. The number of amides is 3. The largest absolute Gasteiger partial charge is 0.445 e. The van der Waals surface area contributed by atoms with Crippen molar-refractivity contribution in [1.82, 2.24) is 24.9 Å². The van der Waals surface area contributed by atoms with E-state index in [4.69, 9.17) is 48.4 Å². The quantitative estimate of drug-likeness (QED) is 0.294. The van der Waals surface area contributed by atoms with Gasteiger partial charge >= 0.3 is 6.09 Å². The number of likely N-dealkylation sites (tertiary alicyclic amines) is 2. The predicted molar refractivity (Wildman–Crippen MR) is 226 cm³/mol. The normalized spacial score (nSPS) is 31.9. The summed E-state index contributed by atoms with van der Waals surface area (Å²) in [5.41, 5.74) is 6.74. The molecular weight excluding hydrogens is 805 g/mol. The van der Waals surface area contributed by atoms with E-state index in [1.807, 2.05) is 65.0 Å². The first-order valence-corrected chi connectivity index (χ1v) is 22.0. The van der Waals surface area contributed by atoms with E-state index in [2.05, 4.69) is 22.0 Å². The molecular formula is C44H72N6O12. The summed E-state index contributed by atoms with van der Waals surface area (Å²) in [6, 6.07) is 9.63. The lowest BCUT2D eigenvalue weighted by Gasteiger charge is -2.40. The average Bonchev–Trinajstić information content (AvgIpc) is 3.87. The minimum Gasteiger partial charge on any atom is -0.445 e. The predicted octanol–water partition coefficient (Wildman–Crippen LogP) is 2.27. The number of piperidine rings is 2. The van der Waals surface area contributed by atoms with Crippen LogP contribution in [0.1, 0.15) is 72.8 Å². The summed E-state index contributed by atoms with van der Waals surface area (Å²) in [4.78, 5) is 44.1. The number of ether oxygens (including phenoxy) is 9. The van der Waals surface area contributed by atoms with E-state index < -0.39 is 42.5 Å². The van der Waals surface area contributed by atoms with Crippen LogP contribution in [-0.2, 0) is 58.8 Å². The molecule has 6 aliphatic rings. The number of benzene rings is 1. The first-order valence-electron chi connectivity index (χ1n) is 22.0. The summed E-state index contributed by atoms with van der Waals surface area (Å²) in [5.74, 6) is -1.67. The first kappa shape index (κ1) is 48.4. The van der Waals surface area contributed by atoms with Crippen LogP contribution in [0.15, 0.2) is 30.3 Å². The van der Waals surface area contributed by atoms with Gasteiger partial charge in [0.2, 0.25) is 11.8 Å². The van der Waals surface area contributed by atoms with Crippen molar-refractivity contribution in [2.24, 2.45) is 5.73 Å². The molecule has 0 radical (unpaired) electrons. The van der Waals surface area contributed by atoms with E-state index in [1.54, 1.807) is 28.2 Å². The lowest BCUT2D eigenvalue weighted by molar-refractivity contribution is -0.220. The topological polar surface area (TPSA) is 185 Å². The van der Waals surface area contributed by atoms with Crippen LogP contribution >= 0.6 is 0 Å². The van der Waals surface area contributed by atoms with E-state index in [-0.39, 0.29) is 67.1 Å². The van der Waals surface area contributed by atoms with Crippen LogP contribution in [0.5, 0.6) is 0 Å². The van der Waals surface area contributed by atoms with Crippen molar-refractivity contribution in [3.05, 3.63) is 35.9 Å². The maximum absolute atomic E-state index is 12.4. The zero-order valence-corrected chi connectivity index (χ0v) is 38.5. The Labute approximate surface area is 367 Å². The van der Waals surface area contributed by atoms with E-state index in [1.165, 1.54) is 9.80 Å². The van der Waals surface area contributed by atoms with Crippen molar-refractivity contribution in [2.45, 2.75) is 146 Å². The highest BCUT2D eigenvalue weighted by molar-refractivity contribution is 5.77. The highest BCUT2D eigenvalue weighted by Crippen LogP contribution is 2.41. The van der Waals surface area contributed by atoms with E-state index >= 15 is 0 Å². The first-order chi connectivity index (χ1) is 29.1. The monoisotopic (exact) mass is 877 g/mol. The molecule has 0 aliphatic carbocycles. The standard InChI is InChI=1S/C26H39N3O7.C18H33N3O5/c1-25(2)35-22-21(32-17-20(30)28(4)5)19(34-23(22)36-25)15-29-13-11-26(3,12-14-29)27-24(31)33-16-18-9-7-6-8-10-18;1-17(2)25-15-14(23-11-13(22)20(4)5)12(24-16(15)26-17)10-21-8-6-18(3,19)7-9-21/h6-10,19,21-23H,11-17H2,1-5H3,(H,27,31);12,14-16H,6-11,19H2,1-5H3/t19-,21+,22-,23-;12-,14+,15-,16-/m11/s1. The molecule has 0 bridgehead atoms. The number of carbonyl (C=O) groups excluding carboxylic acids is 3. The van der Waals surface area contributed by atoms with Crippen LogP contribution in [0.3, 0.4) is 0 Å². The van der Waals surface area contributed by atoms with Gasteiger partial charge in [-0.15, -0.1) is 0 Å². The van der Waals surface area contributed by atoms with Crippen molar-refractivity contribution in [3.63, 3.8) is 0 Å². The zero-order chi connectivity index (χ0) is 45.0. The molecule has 350 valence electrons. The minimum atomic E-state index is -0.763. The van der Waals surface area contributed by atoms with Gasteiger partial charge < -0.3 is 73.3 Å². The van der Waals surface area contributed by atoms with Crippen molar-refractivity contribution >= 4 is 17.9 Å². The summed E-state index contributed by atoms with van der Waals surface area (Å²) in [7, 11) is 6.83. The number of hydrogen-bond acceptors (Lipinski definition) is 15. The summed E-state index contributed by atoms with van der Waals surface area (Å²) >= 11 is 0. The molecule has 1 aromatic carbocycles. The molecule has 18 heteroatoms. The fraction of sp³-hybridized carbons (Fsp3) is 0.795. The van der Waals surface area contributed by atoms with Gasteiger partial charge in [-0.1, -0.05) is 30.3 Å². The third kappa shape index (κ3) is 13.1. The molecule has 6 fully saturated rings. The van der Waals surface area contributed by atoms with Crippen molar-refractivity contribution < 1.29 is 57.0 Å². The number of fused-ring (bicyclic) bond motifs is 2. The zero-order valence-electron chi connectivity index (χ0n) is 38.5. The maximum atomic E-state index is 12.4. The second kappa shape index (κ2) is 20.0. The van der Waals surface area contributed by atoms with Crippen LogP contribution in [0.4, 0.5) is 4.79 Å². The molecule has 6 saturated heterocycles. The lowest BCUT2D eigenvalue weighted by Crippen LogP contribution is -2.55. The SMILES string of the molecule is CN(C)C(=O)CO[C@@H]1[C@H]2OC(C)(C)O[C@H]2O[C@@H]1CN1CCC(C)(N)CC1.CN(C)C(=O)CO[C@@H]1[C@H]2OC(C)(C)O[C@H]2O[C@@H]1CN1CCC(C)(NC(=O)OCc2ccccc2)CC1. The van der Waals surface area contributed by atoms with Gasteiger partial charge in [0.25, 0.3) is 0 Å². The molecule has 6 heterocycles. The molecule has 1 aromatic rings. The summed E-state index contributed by atoms with van der Waals surface area (Å²) in [6.45, 7) is 16.5. The second-order valence-corrected chi connectivity index (χ2v) is 19.4. The van der Waals surface area contributed by atoms with Gasteiger partial charge in [0.1, 0.15) is 56.4 Å². The molecule has 6 aliphatic heterocycles. The Bertz CT molecular complexity index is 1650. The van der Waals surface area contributed by atoms with Gasteiger partial charge in [0.15, 0.2) is 24.2 Å². The van der Waals surface area contributed by atoms with Crippen LogP contribution in [-0.4, -0.2) is 190 Å². The second-order valence-electron chi connectivity index (χ2n) is 19.4. The van der Waals surface area contributed by atoms with Crippen molar-refractivity contribution in [1.29, 1.82) is 0 Å². The Hall–Kier alpha value is -3.01. The van der Waals surface area contributed by atoms with E-state index in [9.17, 15) is 14.4 Å². The van der Waals surface area contributed by atoms with Crippen LogP contribution in [0, 0.1) is 0 Å². The molecule has 0 saturated carbocycles. The molecule has 62 heavy (non-hydrogen) atoms. The molecule has 0 aromatic heterocycles. The van der Waals surface area contributed by atoms with Crippen molar-refractivity contribution in [3.8, 4) is 0 Å². The lowest BCUT2D eigenvalue weighted by atomic mass is 9.89. The van der Waals surface area contributed by atoms with Gasteiger partial charge in [-0.3, -0.25) is 9.59 Å². The number of hydrogen-bond donors (Lipinski definition) is 2. The Morgan fingerprint density at radius 2 is 1.13 bits per heavy atom. The van der Waals surface area contributed by atoms with Crippen LogP contribution < -0.4 is 11.1 Å². The molecule has 0 unspecified atom stereocenters. The van der Waals surface area contributed by atoms with E-state index in [0.717, 1.165) is 64.0 Å². The van der Waals surface area contributed by atoms with E-state index in [0.29, 0.717) is 6.54 Å². The highest BCUT2D eigenvalue weighted by atomic mass is 16.9. The minimum absolute atomic E-state index is 0.00536. The molecule has 0 spiro atoms. The van der Waals surface area contributed by atoms with Gasteiger partial charge in [-0.2, -0.15) is 0 Å². The Balaban J connectivity index is 0.000000218. The average molecular weight is 877 g/mol. The summed E-state index contributed by atoms with van der Waals surface area (Å²) in [6.07, 6.45) is 0.112. The molecule has 8 atom stereocenters. The number of rotatable bonds is 13. The Morgan fingerprint density at radius 3 is 1.56 bits per heavy atom. The number of likely N-dealkylation sites (N-methyl/N-ethyl adjacent to an activating group) is 2.